The molecule has 0 fully saturated rings. The number of amides is 1. The first kappa shape index (κ1) is 14.3. The van der Waals surface area contributed by atoms with Crippen molar-refractivity contribution in [2.75, 3.05) is 0 Å². The molecule has 0 aromatic carbocycles. The molecule has 0 saturated heterocycles. The lowest BCUT2D eigenvalue weighted by Gasteiger charge is -2.12. The molecule has 2 aromatic rings. The third-order valence-electron chi connectivity index (χ3n) is 2.82. The van der Waals surface area contributed by atoms with Gasteiger partial charge in [-0.15, -0.1) is 11.3 Å². The Morgan fingerprint density at radius 1 is 1.47 bits per heavy atom. The Morgan fingerprint density at radius 2 is 2.21 bits per heavy atom. The number of halogens is 1. The highest BCUT2D eigenvalue weighted by Crippen LogP contribution is 2.20. The maximum absolute atomic E-state index is 12.2. The standard InChI is InChI=1S/C14H17BrN2OS/c1-9(2)17-8-11(15)6-13(17)14(18)16-7-12-5-4-10(3)19-12/h4-6,8-9H,7H2,1-3H3,(H,16,18). The van der Waals surface area contributed by atoms with E-state index >= 15 is 0 Å². The van der Waals surface area contributed by atoms with Crippen LogP contribution in [0.2, 0.25) is 0 Å². The van der Waals surface area contributed by atoms with Crippen molar-refractivity contribution in [3.05, 3.63) is 44.3 Å². The number of nitrogens with zero attached hydrogens (tertiary/aromatic N) is 1. The van der Waals surface area contributed by atoms with Gasteiger partial charge in [0.05, 0.1) is 6.54 Å². The van der Waals surface area contributed by atoms with Crippen LogP contribution in [0.4, 0.5) is 0 Å². The molecular weight excluding hydrogens is 324 g/mol. The predicted octanol–water partition coefficient (Wildman–Crippen LogP) is 4.13. The Morgan fingerprint density at radius 3 is 2.79 bits per heavy atom. The van der Waals surface area contributed by atoms with E-state index in [1.165, 1.54) is 9.75 Å². The van der Waals surface area contributed by atoms with Gasteiger partial charge in [0.2, 0.25) is 0 Å². The summed E-state index contributed by atoms with van der Waals surface area (Å²) in [7, 11) is 0. The smallest absolute Gasteiger partial charge is 0.268 e. The SMILES string of the molecule is Cc1ccc(CNC(=O)c2cc(Br)cn2C(C)C)s1. The number of thiophene rings is 1. The summed E-state index contributed by atoms with van der Waals surface area (Å²) >= 11 is 5.13. The van der Waals surface area contributed by atoms with Crippen molar-refractivity contribution < 1.29 is 4.79 Å². The minimum absolute atomic E-state index is 0.0366. The molecule has 2 rings (SSSR count). The van der Waals surface area contributed by atoms with Gasteiger partial charge in [-0.3, -0.25) is 4.79 Å². The van der Waals surface area contributed by atoms with E-state index in [-0.39, 0.29) is 11.9 Å². The average Bonchev–Trinajstić information content (AvgIpc) is 2.92. The van der Waals surface area contributed by atoms with Crippen molar-refractivity contribution in [1.82, 2.24) is 9.88 Å². The van der Waals surface area contributed by atoms with Crippen LogP contribution in [0.1, 0.15) is 40.1 Å². The molecule has 1 amide bonds. The highest BCUT2D eigenvalue weighted by molar-refractivity contribution is 9.10. The summed E-state index contributed by atoms with van der Waals surface area (Å²) in [6.45, 7) is 6.77. The van der Waals surface area contributed by atoms with Gasteiger partial charge in [-0.1, -0.05) is 0 Å². The number of hydrogen-bond acceptors (Lipinski definition) is 2. The summed E-state index contributed by atoms with van der Waals surface area (Å²) in [4.78, 5) is 14.7. The first-order valence-electron chi connectivity index (χ1n) is 6.18. The molecule has 102 valence electrons. The van der Waals surface area contributed by atoms with Gasteiger partial charge >= 0.3 is 0 Å². The van der Waals surface area contributed by atoms with E-state index in [1.807, 2.05) is 16.8 Å². The zero-order chi connectivity index (χ0) is 14.0. The third-order valence-corrected chi connectivity index (χ3v) is 4.26. The van der Waals surface area contributed by atoms with Crippen LogP contribution in [0.3, 0.4) is 0 Å². The summed E-state index contributed by atoms with van der Waals surface area (Å²) < 4.78 is 2.90. The maximum atomic E-state index is 12.2. The summed E-state index contributed by atoms with van der Waals surface area (Å²) in [5, 5.41) is 2.97. The Balaban J connectivity index is 2.07. The lowest BCUT2D eigenvalue weighted by atomic mass is 10.3. The van der Waals surface area contributed by atoms with Crippen LogP contribution in [0, 0.1) is 6.92 Å². The topological polar surface area (TPSA) is 34.0 Å². The fourth-order valence-electron chi connectivity index (χ4n) is 1.89. The molecule has 0 aliphatic carbocycles. The van der Waals surface area contributed by atoms with Crippen LogP contribution < -0.4 is 5.32 Å². The number of carbonyl (C=O) groups is 1. The number of rotatable bonds is 4. The van der Waals surface area contributed by atoms with Gasteiger partial charge in [0.1, 0.15) is 5.69 Å². The van der Waals surface area contributed by atoms with E-state index in [4.69, 9.17) is 0 Å². The molecule has 2 heterocycles. The monoisotopic (exact) mass is 340 g/mol. The second kappa shape index (κ2) is 5.92. The number of nitrogens with one attached hydrogen (secondary N) is 1. The molecule has 0 bridgehead atoms. The van der Waals surface area contributed by atoms with Crippen molar-refractivity contribution in [1.29, 1.82) is 0 Å². The molecule has 0 saturated carbocycles. The van der Waals surface area contributed by atoms with Crippen molar-refractivity contribution >= 4 is 33.2 Å². The fraction of sp³-hybridized carbons (Fsp3) is 0.357. The molecule has 19 heavy (non-hydrogen) atoms. The Bertz CT molecular complexity index is 586. The minimum Gasteiger partial charge on any atom is -0.346 e. The Kier molecular flexibility index (Phi) is 4.47. The second-order valence-electron chi connectivity index (χ2n) is 4.74. The van der Waals surface area contributed by atoms with Crippen molar-refractivity contribution in [3.8, 4) is 0 Å². The summed E-state index contributed by atoms with van der Waals surface area (Å²) in [5.41, 5.74) is 0.690. The predicted molar refractivity (Wildman–Crippen MR) is 82.7 cm³/mol. The second-order valence-corrected chi connectivity index (χ2v) is 7.03. The van der Waals surface area contributed by atoms with Crippen LogP contribution in [-0.4, -0.2) is 10.5 Å². The van der Waals surface area contributed by atoms with Gasteiger partial charge < -0.3 is 9.88 Å². The molecule has 0 unspecified atom stereocenters. The molecule has 2 aromatic heterocycles. The number of carbonyl (C=O) groups excluding carboxylic acids is 1. The molecule has 3 nitrogen and oxygen atoms in total. The number of aryl methyl sites for hydroxylation is 1. The normalized spacial score (nSPS) is 11.0. The molecular formula is C14H17BrN2OS. The first-order chi connectivity index (χ1) is 8.97. The van der Waals surface area contributed by atoms with Gasteiger partial charge in [0.15, 0.2) is 0 Å². The van der Waals surface area contributed by atoms with E-state index < -0.39 is 0 Å². The quantitative estimate of drug-likeness (QED) is 0.891. The highest BCUT2D eigenvalue weighted by atomic mass is 79.9. The molecule has 0 atom stereocenters. The molecule has 0 aliphatic heterocycles. The largest absolute Gasteiger partial charge is 0.346 e. The molecule has 5 heteroatoms. The Labute approximate surface area is 125 Å². The van der Waals surface area contributed by atoms with Crippen LogP contribution in [0.5, 0.6) is 0 Å². The van der Waals surface area contributed by atoms with Crippen molar-refractivity contribution in [2.24, 2.45) is 0 Å². The van der Waals surface area contributed by atoms with Gasteiger partial charge in [-0.05, 0) is 54.9 Å². The first-order valence-corrected chi connectivity index (χ1v) is 7.79. The summed E-state index contributed by atoms with van der Waals surface area (Å²) in [6, 6.07) is 6.24. The average molecular weight is 341 g/mol. The van der Waals surface area contributed by atoms with Crippen LogP contribution in [0.15, 0.2) is 28.9 Å². The highest BCUT2D eigenvalue weighted by Gasteiger charge is 2.14. The van der Waals surface area contributed by atoms with E-state index in [0.717, 1.165) is 4.47 Å². The lowest BCUT2D eigenvalue weighted by Crippen LogP contribution is -2.25. The van der Waals surface area contributed by atoms with Gasteiger partial charge in [0, 0.05) is 26.5 Å². The van der Waals surface area contributed by atoms with Gasteiger partial charge in [0.25, 0.3) is 5.91 Å². The van der Waals surface area contributed by atoms with Crippen LogP contribution >= 0.6 is 27.3 Å². The molecule has 0 aliphatic rings. The maximum Gasteiger partial charge on any atom is 0.268 e. The molecule has 0 spiro atoms. The van der Waals surface area contributed by atoms with E-state index in [2.05, 4.69) is 54.2 Å². The minimum atomic E-state index is -0.0366. The summed E-state index contributed by atoms with van der Waals surface area (Å²) in [6.07, 6.45) is 1.94. The summed E-state index contributed by atoms with van der Waals surface area (Å²) in [5.74, 6) is -0.0366. The fourth-order valence-corrected chi connectivity index (χ4v) is 3.16. The lowest BCUT2D eigenvalue weighted by molar-refractivity contribution is 0.0940. The third kappa shape index (κ3) is 3.48. The van der Waals surface area contributed by atoms with Crippen molar-refractivity contribution in [2.45, 2.75) is 33.4 Å². The zero-order valence-corrected chi connectivity index (χ0v) is 13.6. The van der Waals surface area contributed by atoms with Gasteiger partial charge in [-0.25, -0.2) is 0 Å². The number of hydrogen-bond donors (Lipinski definition) is 1. The molecule has 1 N–H and O–H groups in total. The van der Waals surface area contributed by atoms with Crippen LogP contribution in [0.25, 0.3) is 0 Å². The van der Waals surface area contributed by atoms with Crippen molar-refractivity contribution in [3.63, 3.8) is 0 Å². The van der Waals surface area contributed by atoms with Crippen LogP contribution in [-0.2, 0) is 6.54 Å². The Hall–Kier alpha value is -1.07. The molecule has 0 radical (unpaired) electrons. The van der Waals surface area contributed by atoms with Gasteiger partial charge in [-0.2, -0.15) is 0 Å². The zero-order valence-electron chi connectivity index (χ0n) is 11.2. The van der Waals surface area contributed by atoms with E-state index in [0.29, 0.717) is 12.2 Å². The van der Waals surface area contributed by atoms with E-state index in [9.17, 15) is 4.79 Å². The number of aromatic nitrogens is 1. The van der Waals surface area contributed by atoms with E-state index in [1.54, 1.807) is 11.3 Å².